The van der Waals surface area contributed by atoms with Gasteiger partial charge in [0.15, 0.2) is 5.69 Å². The van der Waals surface area contributed by atoms with E-state index >= 15 is 0 Å². The molecule has 6 heteroatoms. The first-order valence-corrected chi connectivity index (χ1v) is 7.57. The molecule has 0 saturated carbocycles. The van der Waals surface area contributed by atoms with Gasteiger partial charge in [0.05, 0.1) is 6.04 Å². The number of hydrogen-bond donors (Lipinski definition) is 2. The average molecular weight is 315 g/mol. The lowest BCUT2D eigenvalue weighted by Crippen LogP contribution is -2.34. The number of aromatic nitrogens is 2. The van der Waals surface area contributed by atoms with Crippen LogP contribution in [0.2, 0.25) is 0 Å². The Morgan fingerprint density at radius 3 is 2.43 bits per heavy atom. The monoisotopic (exact) mass is 315 g/mol. The number of carbonyl (C=O) groups excluding carboxylic acids is 1. The Morgan fingerprint density at radius 2 is 1.91 bits per heavy atom. The van der Waals surface area contributed by atoms with Crippen LogP contribution >= 0.6 is 0 Å². The van der Waals surface area contributed by atoms with E-state index in [0.717, 1.165) is 12.0 Å². The third-order valence-electron chi connectivity index (χ3n) is 3.81. The van der Waals surface area contributed by atoms with Crippen LogP contribution in [0.5, 0.6) is 0 Å². The van der Waals surface area contributed by atoms with E-state index in [9.17, 15) is 9.59 Å². The Kier molecular flexibility index (Phi) is 5.16. The molecule has 2 N–H and O–H groups in total. The first kappa shape index (κ1) is 16.7. The number of nitrogens with zero attached hydrogens (tertiary/aromatic N) is 2. The van der Waals surface area contributed by atoms with E-state index in [2.05, 4.69) is 10.4 Å². The summed E-state index contributed by atoms with van der Waals surface area (Å²) in [5.74, 6) is -1.31. The topological polar surface area (TPSA) is 84.2 Å². The maximum atomic E-state index is 12.4. The summed E-state index contributed by atoms with van der Waals surface area (Å²) in [5, 5.41) is 15.8. The van der Waals surface area contributed by atoms with E-state index in [1.54, 1.807) is 6.92 Å². The lowest BCUT2D eigenvalue weighted by atomic mass is 10.0. The SMILES string of the molecule is CCC(NC(=O)C(C)n1ccc(C(=O)O)n1)c1ccc(C)cc1. The third kappa shape index (κ3) is 3.97. The Morgan fingerprint density at radius 1 is 1.26 bits per heavy atom. The van der Waals surface area contributed by atoms with Gasteiger partial charge in [-0.05, 0) is 31.9 Å². The third-order valence-corrected chi connectivity index (χ3v) is 3.81. The minimum atomic E-state index is -1.11. The van der Waals surface area contributed by atoms with Gasteiger partial charge in [0.25, 0.3) is 0 Å². The van der Waals surface area contributed by atoms with Gasteiger partial charge in [-0.3, -0.25) is 9.48 Å². The molecule has 6 nitrogen and oxygen atoms in total. The highest BCUT2D eigenvalue weighted by Gasteiger charge is 2.20. The Labute approximate surface area is 135 Å². The minimum Gasteiger partial charge on any atom is -0.476 e. The fourth-order valence-electron chi connectivity index (χ4n) is 2.30. The molecule has 0 bridgehead atoms. The number of amides is 1. The molecule has 2 atom stereocenters. The molecule has 0 saturated heterocycles. The molecule has 23 heavy (non-hydrogen) atoms. The second kappa shape index (κ2) is 7.09. The molecule has 0 spiro atoms. The van der Waals surface area contributed by atoms with Crippen LogP contribution in [0.25, 0.3) is 0 Å². The molecule has 1 heterocycles. The summed E-state index contributed by atoms with van der Waals surface area (Å²) >= 11 is 0. The van der Waals surface area contributed by atoms with Crippen molar-refractivity contribution >= 4 is 11.9 Å². The number of rotatable bonds is 6. The van der Waals surface area contributed by atoms with Crippen LogP contribution in [0.15, 0.2) is 36.5 Å². The van der Waals surface area contributed by atoms with Crippen molar-refractivity contribution in [3.8, 4) is 0 Å². The summed E-state index contributed by atoms with van der Waals surface area (Å²) in [6.45, 7) is 5.71. The fourth-order valence-corrected chi connectivity index (χ4v) is 2.30. The van der Waals surface area contributed by atoms with Gasteiger partial charge in [-0.15, -0.1) is 0 Å². The van der Waals surface area contributed by atoms with Gasteiger partial charge in [-0.25, -0.2) is 4.79 Å². The van der Waals surface area contributed by atoms with E-state index in [1.807, 2.05) is 38.1 Å². The maximum absolute atomic E-state index is 12.4. The van der Waals surface area contributed by atoms with Gasteiger partial charge in [0, 0.05) is 6.20 Å². The first-order chi connectivity index (χ1) is 10.9. The number of aryl methyl sites for hydroxylation is 1. The standard InChI is InChI=1S/C17H21N3O3/c1-4-14(13-7-5-11(2)6-8-13)18-16(21)12(3)20-10-9-15(19-20)17(22)23/h5-10,12,14H,4H2,1-3H3,(H,18,21)(H,22,23). The molecule has 2 aromatic rings. The van der Waals surface area contributed by atoms with Crippen LogP contribution in [0, 0.1) is 6.92 Å². The zero-order chi connectivity index (χ0) is 17.0. The van der Waals surface area contributed by atoms with Gasteiger partial charge in [-0.1, -0.05) is 36.8 Å². The number of carboxylic acids is 1. The molecule has 1 amide bonds. The summed E-state index contributed by atoms with van der Waals surface area (Å²) in [4.78, 5) is 23.3. The number of carboxylic acid groups (broad SMARTS) is 1. The van der Waals surface area contributed by atoms with Crippen molar-refractivity contribution < 1.29 is 14.7 Å². The van der Waals surface area contributed by atoms with Crippen LogP contribution < -0.4 is 5.32 Å². The fraction of sp³-hybridized carbons (Fsp3) is 0.353. The lowest BCUT2D eigenvalue weighted by Gasteiger charge is -2.20. The van der Waals surface area contributed by atoms with Crippen molar-refractivity contribution in [3.05, 3.63) is 53.3 Å². The van der Waals surface area contributed by atoms with Crippen molar-refractivity contribution in [1.82, 2.24) is 15.1 Å². The Hall–Kier alpha value is -2.63. The normalized spacial score (nSPS) is 13.3. The number of nitrogens with one attached hydrogen (secondary N) is 1. The zero-order valence-corrected chi connectivity index (χ0v) is 13.5. The van der Waals surface area contributed by atoms with Crippen molar-refractivity contribution in [2.24, 2.45) is 0 Å². The maximum Gasteiger partial charge on any atom is 0.356 e. The van der Waals surface area contributed by atoms with E-state index in [0.29, 0.717) is 0 Å². The quantitative estimate of drug-likeness (QED) is 0.858. The van der Waals surface area contributed by atoms with E-state index in [4.69, 9.17) is 5.11 Å². The zero-order valence-electron chi connectivity index (χ0n) is 13.5. The summed E-state index contributed by atoms with van der Waals surface area (Å²) in [5.41, 5.74) is 2.14. The molecule has 2 unspecified atom stereocenters. The van der Waals surface area contributed by atoms with Crippen molar-refractivity contribution in [2.75, 3.05) is 0 Å². The van der Waals surface area contributed by atoms with Crippen LogP contribution in [0.1, 0.15) is 54.0 Å². The highest BCUT2D eigenvalue weighted by molar-refractivity contribution is 5.85. The van der Waals surface area contributed by atoms with E-state index in [1.165, 1.54) is 22.5 Å². The summed E-state index contributed by atoms with van der Waals surface area (Å²) in [6.07, 6.45) is 2.27. The van der Waals surface area contributed by atoms with Gasteiger partial charge >= 0.3 is 5.97 Å². The van der Waals surface area contributed by atoms with Gasteiger partial charge in [0.2, 0.25) is 5.91 Å². The molecule has 0 radical (unpaired) electrons. The molecular formula is C17H21N3O3. The largest absolute Gasteiger partial charge is 0.476 e. The lowest BCUT2D eigenvalue weighted by molar-refractivity contribution is -0.125. The smallest absolute Gasteiger partial charge is 0.356 e. The van der Waals surface area contributed by atoms with Crippen LogP contribution in [0.3, 0.4) is 0 Å². The summed E-state index contributed by atoms with van der Waals surface area (Å²) in [7, 11) is 0. The Balaban J connectivity index is 2.08. The Bertz CT molecular complexity index is 691. The van der Waals surface area contributed by atoms with Crippen molar-refractivity contribution in [2.45, 2.75) is 39.3 Å². The average Bonchev–Trinajstić information content (AvgIpc) is 3.02. The molecule has 1 aromatic heterocycles. The van der Waals surface area contributed by atoms with Gasteiger partial charge in [-0.2, -0.15) is 5.10 Å². The van der Waals surface area contributed by atoms with Crippen LogP contribution in [0.4, 0.5) is 0 Å². The summed E-state index contributed by atoms with van der Waals surface area (Å²) in [6, 6.07) is 8.75. The molecule has 0 aliphatic carbocycles. The second-order valence-electron chi connectivity index (χ2n) is 5.54. The second-order valence-corrected chi connectivity index (χ2v) is 5.54. The molecule has 0 aliphatic heterocycles. The van der Waals surface area contributed by atoms with Crippen LogP contribution in [-0.2, 0) is 4.79 Å². The van der Waals surface area contributed by atoms with Gasteiger partial charge in [0.1, 0.15) is 6.04 Å². The molecule has 0 fully saturated rings. The van der Waals surface area contributed by atoms with Crippen LogP contribution in [-0.4, -0.2) is 26.8 Å². The number of aromatic carboxylic acids is 1. The number of benzene rings is 1. The molecule has 2 rings (SSSR count). The number of hydrogen-bond acceptors (Lipinski definition) is 3. The van der Waals surface area contributed by atoms with E-state index in [-0.39, 0.29) is 17.6 Å². The highest BCUT2D eigenvalue weighted by atomic mass is 16.4. The van der Waals surface area contributed by atoms with Crippen molar-refractivity contribution in [1.29, 1.82) is 0 Å². The highest BCUT2D eigenvalue weighted by Crippen LogP contribution is 2.18. The predicted octanol–water partition coefficient (Wildman–Crippen LogP) is 2.72. The first-order valence-electron chi connectivity index (χ1n) is 7.57. The summed E-state index contributed by atoms with van der Waals surface area (Å²) < 4.78 is 1.36. The number of carbonyl (C=O) groups is 2. The molecular weight excluding hydrogens is 294 g/mol. The minimum absolute atomic E-state index is 0.0739. The van der Waals surface area contributed by atoms with Gasteiger partial charge < -0.3 is 10.4 Å². The van der Waals surface area contributed by atoms with E-state index < -0.39 is 12.0 Å². The molecule has 122 valence electrons. The molecule has 1 aromatic carbocycles. The van der Waals surface area contributed by atoms with Crippen molar-refractivity contribution in [3.63, 3.8) is 0 Å². The molecule has 0 aliphatic rings. The predicted molar refractivity (Wildman–Crippen MR) is 86.3 cm³/mol.